The number of benzene rings is 1. The standard InChI is InChI=1S/C13H15FN2OS2/c1-13(2)11(15(3)12(18)19-13)16(17)8-9-6-4-5-7-10(9)14/h4-8,11H,1-3H3/b16-8-/t11-/m0/s1. The van der Waals surface area contributed by atoms with Crippen LogP contribution in [-0.4, -0.2) is 38.1 Å². The van der Waals surface area contributed by atoms with Crippen LogP contribution in [0.2, 0.25) is 0 Å². The van der Waals surface area contributed by atoms with Gasteiger partial charge in [0.25, 0.3) is 6.17 Å². The Kier molecular flexibility index (Phi) is 3.82. The summed E-state index contributed by atoms with van der Waals surface area (Å²) in [5.74, 6) is -0.406. The van der Waals surface area contributed by atoms with Crippen molar-refractivity contribution < 1.29 is 9.13 Å². The van der Waals surface area contributed by atoms with Gasteiger partial charge in [0.05, 0.1) is 5.56 Å². The van der Waals surface area contributed by atoms with E-state index in [1.165, 1.54) is 24.0 Å². The molecule has 3 nitrogen and oxygen atoms in total. The number of hydroxylamine groups is 1. The Hall–Kier alpha value is -1.14. The third-order valence-corrected chi connectivity index (χ3v) is 4.78. The summed E-state index contributed by atoms with van der Waals surface area (Å²) in [5, 5.41) is 12.3. The Morgan fingerprint density at radius 2 is 2.11 bits per heavy atom. The van der Waals surface area contributed by atoms with Crippen molar-refractivity contribution >= 4 is 34.5 Å². The Morgan fingerprint density at radius 1 is 1.47 bits per heavy atom. The van der Waals surface area contributed by atoms with Crippen LogP contribution in [0.4, 0.5) is 4.39 Å². The summed E-state index contributed by atoms with van der Waals surface area (Å²) in [6.45, 7) is 3.91. The van der Waals surface area contributed by atoms with Crippen LogP contribution >= 0.6 is 24.0 Å². The monoisotopic (exact) mass is 298 g/mol. The number of hydrogen-bond donors (Lipinski definition) is 0. The molecule has 1 aliphatic rings. The molecule has 1 heterocycles. The normalized spacial score (nSPS) is 22.9. The molecule has 0 aromatic heterocycles. The minimum atomic E-state index is -0.440. The minimum Gasteiger partial charge on any atom is -0.622 e. The Balaban J connectivity index is 2.36. The first-order valence-electron chi connectivity index (χ1n) is 5.83. The summed E-state index contributed by atoms with van der Waals surface area (Å²) in [7, 11) is 1.79. The van der Waals surface area contributed by atoms with Gasteiger partial charge in [0.1, 0.15) is 14.9 Å². The van der Waals surface area contributed by atoms with Gasteiger partial charge in [-0.25, -0.2) is 4.39 Å². The Bertz CT molecular complexity index is 545. The number of nitrogens with zero attached hydrogens (tertiary/aromatic N) is 2. The summed E-state index contributed by atoms with van der Waals surface area (Å²) in [4.78, 5) is 1.75. The van der Waals surface area contributed by atoms with Crippen LogP contribution in [-0.2, 0) is 0 Å². The van der Waals surface area contributed by atoms with Gasteiger partial charge in [0.2, 0.25) is 0 Å². The van der Waals surface area contributed by atoms with Crippen molar-refractivity contribution in [3.63, 3.8) is 0 Å². The van der Waals surface area contributed by atoms with E-state index in [1.54, 1.807) is 30.1 Å². The SMILES string of the molecule is CN1C(=S)SC(C)(C)[C@@H]1/[N+]([O-])=C/c1ccccc1F. The van der Waals surface area contributed by atoms with Crippen LogP contribution in [0.5, 0.6) is 0 Å². The highest BCUT2D eigenvalue weighted by Crippen LogP contribution is 2.40. The van der Waals surface area contributed by atoms with E-state index in [0.717, 1.165) is 4.74 Å². The van der Waals surface area contributed by atoms with Crippen LogP contribution in [0.1, 0.15) is 19.4 Å². The zero-order valence-electron chi connectivity index (χ0n) is 11.0. The molecule has 0 saturated carbocycles. The Labute approximate surface area is 121 Å². The third kappa shape index (κ3) is 2.74. The predicted octanol–water partition coefficient (Wildman–Crippen LogP) is 2.82. The highest BCUT2D eigenvalue weighted by molar-refractivity contribution is 8.24. The number of rotatable bonds is 2. The molecule has 19 heavy (non-hydrogen) atoms. The van der Waals surface area contributed by atoms with Gasteiger partial charge in [0, 0.05) is 7.05 Å². The largest absolute Gasteiger partial charge is 0.622 e. The zero-order valence-corrected chi connectivity index (χ0v) is 12.6. The van der Waals surface area contributed by atoms with E-state index >= 15 is 0 Å². The van der Waals surface area contributed by atoms with Crippen LogP contribution in [0.25, 0.3) is 0 Å². The molecule has 102 valence electrons. The second-order valence-corrected chi connectivity index (χ2v) is 7.25. The molecule has 6 heteroatoms. The van der Waals surface area contributed by atoms with E-state index in [2.05, 4.69) is 0 Å². The first kappa shape index (κ1) is 14.3. The van der Waals surface area contributed by atoms with E-state index in [9.17, 15) is 9.60 Å². The smallest absolute Gasteiger partial charge is 0.254 e. The molecule has 1 aliphatic heterocycles. The molecular formula is C13H15FN2OS2. The van der Waals surface area contributed by atoms with Gasteiger partial charge in [-0.1, -0.05) is 36.1 Å². The molecule has 1 fully saturated rings. The zero-order chi connectivity index (χ0) is 14.2. The summed E-state index contributed by atoms with van der Waals surface area (Å²) in [6.07, 6.45) is 0.844. The van der Waals surface area contributed by atoms with Crippen LogP contribution < -0.4 is 0 Å². The van der Waals surface area contributed by atoms with Crippen molar-refractivity contribution in [2.75, 3.05) is 7.05 Å². The maximum Gasteiger partial charge on any atom is 0.254 e. The van der Waals surface area contributed by atoms with Gasteiger partial charge >= 0.3 is 0 Å². The molecule has 0 amide bonds. The average molecular weight is 298 g/mol. The van der Waals surface area contributed by atoms with Gasteiger partial charge in [-0.05, 0) is 26.0 Å². The fourth-order valence-corrected chi connectivity index (χ4v) is 3.99. The quantitative estimate of drug-likeness (QED) is 0.276. The summed E-state index contributed by atoms with van der Waals surface area (Å²) in [6, 6.07) is 6.21. The molecule has 0 unspecified atom stereocenters. The molecule has 1 aromatic rings. The van der Waals surface area contributed by atoms with E-state index in [1.807, 2.05) is 13.8 Å². The van der Waals surface area contributed by atoms with Crippen LogP contribution in [0.3, 0.4) is 0 Å². The van der Waals surface area contributed by atoms with Crippen molar-refractivity contribution in [1.82, 2.24) is 4.90 Å². The van der Waals surface area contributed by atoms with Crippen molar-refractivity contribution in [3.8, 4) is 0 Å². The average Bonchev–Trinajstić information content (AvgIpc) is 2.51. The topological polar surface area (TPSA) is 29.3 Å². The third-order valence-electron chi connectivity index (χ3n) is 3.04. The van der Waals surface area contributed by atoms with Gasteiger partial charge in [-0.3, -0.25) is 0 Å². The molecule has 0 N–H and O–H groups in total. The molecule has 0 aliphatic carbocycles. The van der Waals surface area contributed by atoms with Crippen LogP contribution in [0.15, 0.2) is 24.3 Å². The molecule has 0 spiro atoms. The molecule has 1 atom stereocenters. The summed E-state index contributed by atoms with van der Waals surface area (Å²) >= 11 is 6.70. The van der Waals surface area contributed by atoms with Crippen molar-refractivity contribution in [3.05, 3.63) is 40.9 Å². The Morgan fingerprint density at radius 3 is 2.63 bits per heavy atom. The van der Waals surface area contributed by atoms with E-state index in [0.29, 0.717) is 4.32 Å². The molecule has 2 rings (SSSR count). The highest BCUT2D eigenvalue weighted by Gasteiger charge is 2.48. The highest BCUT2D eigenvalue weighted by atomic mass is 32.2. The van der Waals surface area contributed by atoms with Crippen molar-refractivity contribution in [2.45, 2.75) is 24.8 Å². The molecular weight excluding hydrogens is 283 g/mol. The molecule has 0 radical (unpaired) electrons. The summed E-state index contributed by atoms with van der Waals surface area (Å²) in [5.41, 5.74) is 0.282. The first-order valence-corrected chi connectivity index (χ1v) is 7.06. The maximum absolute atomic E-state index is 13.6. The lowest BCUT2D eigenvalue weighted by Gasteiger charge is -2.27. The van der Waals surface area contributed by atoms with Gasteiger partial charge in [-0.15, -0.1) is 0 Å². The first-order chi connectivity index (χ1) is 8.83. The second kappa shape index (κ2) is 5.09. The fourth-order valence-electron chi connectivity index (χ4n) is 2.18. The maximum atomic E-state index is 13.6. The van der Waals surface area contributed by atoms with Crippen LogP contribution in [0, 0.1) is 11.0 Å². The number of thiocarbonyl (C=S) groups is 1. The lowest BCUT2D eigenvalue weighted by molar-refractivity contribution is -0.522. The molecule has 1 saturated heterocycles. The van der Waals surface area contributed by atoms with Crippen molar-refractivity contribution in [2.24, 2.45) is 0 Å². The second-order valence-electron chi connectivity index (χ2n) is 4.97. The number of hydrogen-bond acceptors (Lipinski definition) is 3. The van der Waals surface area contributed by atoms with Gasteiger partial charge in [-0.2, -0.15) is 4.74 Å². The molecule has 1 aromatic carbocycles. The predicted molar refractivity (Wildman–Crippen MR) is 81.0 cm³/mol. The van der Waals surface area contributed by atoms with E-state index < -0.39 is 12.0 Å². The lowest BCUT2D eigenvalue weighted by atomic mass is 10.1. The van der Waals surface area contributed by atoms with Gasteiger partial charge < -0.3 is 10.1 Å². The van der Waals surface area contributed by atoms with Gasteiger partial charge in [0.15, 0.2) is 6.21 Å². The van der Waals surface area contributed by atoms with Crippen molar-refractivity contribution in [1.29, 1.82) is 0 Å². The minimum absolute atomic E-state index is 0.282. The van der Waals surface area contributed by atoms with E-state index in [-0.39, 0.29) is 10.3 Å². The fraction of sp³-hybridized carbons (Fsp3) is 0.385. The number of thioether (sulfide) groups is 1. The number of halogens is 1. The lowest BCUT2D eigenvalue weighted by Crippen LogP contribution is -2.46. The summed E-state index contributed by atoms with van der Waals surface area (Å²) < 4.78 is 14.7. The molecule has 0 bridgehead atoms. The van der Waals surface area contributed by atoms with E-state index in [4.69, 9.17) is 12.2 Å².